The van der Waals surface area contributed by atoms with Crippen LogP contribution in [0.25, 0.3) is 0 Å². The van der Waals surface area contributed by atoms with Crippen LogP contribution in [0.2, 0.25) is 0 Å². The summed E-state index contributed by atoms with van der Waals surface area (Å²) in [7, 11) is 0. The molecule has 1 amide bonds. The maximum atomic E-state index is 11.5. The molecule has 1 aliphatic carbocycles. The van der Waals surface area contributed by atoms with Crippen molar-refractivity contribution < 1.29 is 19.4 Å². The van der Waals surface area contributed by atoms with Crippen LogP contribution in [-0.2, 0) is 9.53 Å². The van der Waals surface area contributed by atoms with Gasteiger partial charge in [0.15, 0.2) is 0 Å². The second kappa shape index (κ2) is 9.61. The van der Waals surface area contributed by atoms with Crippen LogP contribution in [-0.4, -0.2) is 29.8 Å². The summed E-state index contributed by atoms with van der Waals surface area (Å²) in [4.78, 5) is 22.7. The van der Waals surface area contributed by atoms with Crippen molar-refractivity contribution in [3.8, 4) is 0 Å². The first-order valence-corrected chi connectivity index (χ1v) is 7.79. The monoisotopic (exact) mass is 285 g/mol. The molecule has 0 aromatic rings. The van der Waals surface area contributed by atoms with E-state index >= 15 is 0 Å². The zero-order valence-corrected chi connectivity index (χ0v) is 12.4. The molecule has 1 fully saturated rings. The van der Waals surface area contributed by atoms with Crippen LogP contribution in [0.15, 0.2) is 0 Å². The van der Waals surface area contributed by atoms with E-state index in [0.29, 0.717) is 18.9 Å². The van der Waals surface area contributed by atoms with Crippen molar-refractivity contribution in [2.75, 3.05) is 6.61 Å². The summed E-state index contributed by atoms with van der Waals surface area (Å²) in [5.41, 5.74) is 0. The van der Waals surface area contributed by atoms with Crippen molar-refractivity contribution in [3.63, 3.8) is 0 Å². The number of hydrogen-bond acceptors (Lipinski definition) is 3. The third kappa shape index (κ3) is 6.78. The van der Waals surface area contributed by atoms with Gasteiger partial charge in [0.05, 0.1) is 6.61 Å². The molecule has 5 nitrogen and oxygen atoms in total. The summed E-state index contributed by atoms with van der Waals surface area (Å²) in [6.45, 7) is 2.35. The maximum Gasteiger partial charge on any atom is 0.407 e. The number of amides is 1. The molecule has 2 N–H and O–H groups in total. The Bertz CT molecular complexity index is 300. The molecule has 1 saturated carbocycles. The fourth-order valence-corrected chi connectivity index (χ4v) is 2.63. The zero-order valence-electron chi connectivity index (χ0n) is 12.4. The molecule has 1 rings (SSSR count). The lowest BCUT2D eigenvalue weighted by Crippen LogP contribution is -2.41. The molecule has 116 valence electrons. The summed E-state index contributed by atoms with van der Waals surface area (Å²) in [5, 5.41) is 11.6. The molecule has 20 heavy (non-hydrogen) atoms. The first kappa shape index (κ1) is 16.8. The van der Waals surface area contributed by atoms with Crippen LogP contribution in [0.3, 0.4) is 0 Å². The van der Waals surface area contributed by atoms with E-state index in [4.69, 9.17) is 9.84 Å². The van der Waals surface area contributed by atoms with E-state index in [-0.39, 0.29) is 0 Å². The highest BCUT2D eigenvalue weighted by Crippen LogP contribution is 2.27. The normalized spacial score (nSPS) is 17.4. The molecule has 0 heterocycles. The van der Waals surface area contributed by atoms with Crippen molar-refractivity contribution >= 4 is 12.1 Å². The van der Waals surface area contributed by atoms with Crippen LogP contribution in [0, 0.1) is 5.92 Å². The van der Waals surface area contributed by atoms with Crippen LogP contribution in [0.5, 0.6) is 0 Å². The van der Waals surface area contributed by atoms with Crippen molar-refractivity contribution in [1.29, 1.82) is 0 Å². The van der Waals surface area contributed by atoms with Gasteiger partial charge in [0.1, 0.15) is 6.04 Å². The lowest BCUT2D eigenvalue weighted by Gasteiger charge is -2.23. The quantitative estimate of drug-likeness (QED) is 0.671. The SMILES string of the molecule is CCCCOC(=O)NC(CCC1CCCCC1)C(=O)O. The fraction of sp³-hybridized carbons (Fsp3) is 0.867. The first-order chi connectivity index (χ1) is 9.63. The number of nitrogens with one attached hydrogen (secondary N) is 1. The van der Waals surface area contributed by atoms with Gasteiger partial charge in [-0.1, -0.05) is 45.4 Å². The van der Waals surface area contributed by atoms with E-state index in [0.717, 1.165) is 19.3 Å². The van der Waals surface area contributed by atoms with Gasteiger partial charge in [-0.2, -0.15) is 0 Å². The number of carboxylic acids is 1. The highest BCUT2D eigenvalue weighted by Gasteiger charge is 2.23. The summed E-state index contributed by atoms with van der Waals surface area (Å²) < 4.78 is 4.94. The van der Waals surface area contributed by atoms with Gasteiger partial charge in [0, 0.05) is 0 Å². The average molecular weight is 285 g/mol. The fourth-order valence-electron chi connectivity index (χ4n) is 2.63. The molecule has 0 aromatic heterocycles. The minimum atomic E-state index is -0.978. The Morgan fingerprint density at radius 2 is 2.00 bits per heavy atom. The highest BCUT2D eigenvalue weighted by molar-refractivity contribution is 5.79. The molecule has 1 aliphatic rings. The summed E-state index contributed by atoms with van der Waals surface area (Å²) in [6.07, 6.45) is 8.64. The van der Waals surface area contributed by atoms with E-state index in [9.17, 15) is 9.59 Å². The Labute approximate surface area is 121 Å². The molecule has 0 spiro atoms. The number of rotatable bonds is 8. The molecular weight excluding hydrogens is 258 g/mol. The van der Waals surface area contributed by atoms with Crippen LogP contribution >= 0.6 is 0 Å². The smallest absolute Gasteiger partial charge is 0.407 e. The van der Waals surface area contributed by atoms with Crippen LogP contribution in [0.1, 0.15) is 64.7 Å². The Balaban J connectivity index is 2.28. The Morgan fingerprint density at radius 1 is 1.30 bits per heavy atom. The largest absolute Gasteiger partial charge is 0.480 e. The van der Waals surface area contributed by atoms with Crippen molar-refractivity contribution in [2.45, 2.75) is 70.8 Å². The average Bonchev–Trinajstić information content (AvgIpc) is 2.44. The van der Waals surface area contributed by atoms with Crippen molar-refractivity contribution in [1.82, 2.24) is 5.32 Å². The van der Waals surface area contributed by atoms with Crippen molar-refractivity contribution in [3.05, 3.63) is 0 Å². The lowest BCUT2D eigenvalue weighted by molar-refractivity contribution is -0.139. The Hall–Kier alpha value is -1.26. The molecule has 0 aromatic carbocycles. The number of carbonyl (C=O) groups is 2. The summed E-state index contributed by atoms with van der Waals surface area (Å²) >= 11 is 0. The third-order valence-electron chi connectivity index (χ3n) is 3.91. The van der Waals surface area contributed by atoms with Gasteiger partial charge in [0.25, 0.3) is 0 Å². The number of aliphatic carboxylic acids is 1. The number of ether oxygens (including phenoxy) is 1. The predicted molar refractivity (Wildman–Crippen MR) is 76.6 cm³/mol. The third-order valence-corrected chi connectivity index (χ3v) is 3.91. The standard InChI is InChI=1S/C15H27NO4/c1-2-3-11-20-15(19)16-13(14(17)18)10-9-12-7-5-4-6-8-12/h12-13H,2-11H2,1H3,(H,16,19)(H,17,18). The van der Waals surface area contributed by atoms with Gasteiger partial charge >= 0.3 is 12.1 Å². The number of alkyl carbamates (subject to hydrolysis) is 1. The molecule has 0 aliphatic heterocycles. The van der Waals surface area contributed by atoms with Gasteiger partial charge < -0.3 is 15.2 Å². The maximum absolute atomic E-state index is 11.5. The van der Waals surface area contributed by atoms with Gasteiger partial charge in [0.2, 0.25) is 0 Å². The minimum absolute atomic E-state index is 0.345. The Kier molecular flexibility index (Phi) is 8.07. The molecule has 0 saturated heterocycles. The van der Waals surface area contributed by atoms with E-state index in [2.05, 4.69) is 5.32 Å². The second-order valence-electron chi connectivity index (χ2n) is 5.61. The van der Waals surface area contributed by atoms with Crippen LogP contribution in [0.4, 0.5) is 4.79 Å². The number of hydrogen-bond donors (Lipinski definition) is 2. The lowest BCUT2D eigenvalue weighted by atomic mass is 9.85. The minimum Gasteiger partial charge on any atom is -0.480 e. The molecule has 1 atom stereocenters. The van der Waals surface area contributed by atoms with Crippen molar-refractivity contribution in [2.24, 2.45) is 5.92 Å². The number of carbonyl (C=O) groups excluding carboxylic acids is 1. The molecule has 5 heteroatoms. The second-order valence-corrected chi connectivity index (χ2v) is 5.61. The van der Waals surface area contributed by atoms with Gasteiger partial charge in [-0.15, -0.1) is 0 Å². The molecule has 0 radical (unpaired) electrons. The van der Waals surface area contributed by atoms with Gasteiger partial charge in [-0.25, -0.2) is 9.59 Å². The van der Waals surface area contributed by atoms with E-state index < -0.39 is 18.1 Å². The first-order valence-electron chi connectivity index (χ1n) is 7.79. The zero-order chi connectivity index (χ0) is 14.8. The highest BCUT2D eigenvalue weighted by atomic mass is 16.5. The van der Waals surface area contributed by atoms with Gasteiger partial charge in [-0.3, -0.25) is 0 Å². The summed E-state index contributed by atoms with van der Waals surface area (Å²) in [6, 6.07) is -0.828. The van der Waals surface area contributed by atoms with E-state index in [1.807, 2.05) is 6.92 Å². The van der Waals surface area contributed by atoms with Crippen LogP contribution < -0.4 is 5.32 Å². The molecule has 0 bridgehead atoms. The molecule has 1 unspecified atom stereocenters. The van der Waals surface area contributed by atoms with Gasteiger partial charge in [-0.05, 0) is 25.2 Å². The van der Waals surface area contributed by atoms with E-state index in [1.54, 1.807) is 0 Å². The Morgan fingerprint density at radius 3 is 2.60 bits per heavy atom. The predicted octanol–water partition coefficient (Wildman–Crippen LogP) is 3.33. The topological polar surface area (TPSA) is 75.6 Å². The summed E-state index contributed by atoms with van der Waals surface area (Å²) in [5.74, 6) is -0.364. The molecular formula is C15H27NO4. The van der Waals surface area contributed by atoms with E-state index in [1.165, 1.54) is 32.1 Å². The number of unbranched alkanes of at least 4 members (excludes halogenated alkanes) is 1. The number of carboxylic acid groups (broad SMARTS) is 1.